The summed E-state index contributed by atoms with van der Waals surface area (Å²) in [6, 6.07) is 7.99. The second-order valence-corrected chi connectivity index (χ2v) is 8.47. The smallest absolute Gasteiger partial charge is 0.211 e. The molecular formula is C16H25ClN4O2S. The summed E-state index contributed by atoms with van der Waals surface area (Å²) in [4.78, 5) is 4.18. The summed E-state index contributed by atoms with van der Waals surface area (Å²) in [5.74, 6) is 0.751. The van der Waals surface area contributed by atoms with Crippen molar-refractivity contribution in [2.75, 3.05) is 32.4 Å². The fourth-order valence-electron chi connectivity index (χ4n) is 2.50. The number of rotatable bonds is 8. The summed E-state index contributed by atoms with van der Waals surface area (Å²) in [5.41, 5.74) is 1.36. The van der Waals surface area contributed by atoms with Crippen LogP contribution in [-0.4, -0.2) is 46.8 Å². The largest absolute Gasteiger partial charge is 0.356 e. The van der Waals surface area contributed by atoms with Crippen LogP contribution in [0.4, 0.5) is 0 Å². The van der Waals surface area contributed by atoms with Gasteiger partial charge in [0.2, 0.25) is 10.0 Å². The normalized spacial score (nSPS) is 16.7. The van der Waals surface area contributed by atoms with Gasteiger partial charge in [-0.2, -0.15) is 0 Å². The quantitative estimate of drug-likeness (QED) is 0.366. The number of benzene rings is 1. The zero-order chi connectivity index (χ0) is 17.6. The highest BCUT2D eigenvalue weighted by Crippen LogP contribution is 2.48. The van der Waals surface area contributed by atoms with Gasteiger partial charge in [0.05, 0.1) is 5.75 Å². The molecule has 0 unspecified atom stereocenters. The number of nitrogens with one attached hydrogen (secondary N) is 3. The first-order valence-corrected chi connectivity index (χ1v) is 10.1. The van der Waals surface area contributed by atoms with Gasteiger partial charge in [0.15, 0.2) is 5.96 Å². The van der Waals surface area contributed by atoms with Crippen molar-refractivity contribution in [1.29, 1.82) is 0 Å². The van der Waals surface area contributed by atoms with E-state index in [4.69, 9.17) is 11.6 Å². The van der Waals surface area contributed by atoms with Crippen LogP contribution in [0.25, 0.3) is 0 Å². The summed E-state index contributed by atoms with van der Waals surface area (Å²) in [5, 5.41) is 7.19. The van der Waals surface area contributed by atoms with E-state index in [1.54, 1.807) is 14.0 Å². The van der Waals surface area contributed by atoms with E-state index in [-0.39, 0.29) is 11.2 Å². The third-order valence-electron chi connectivity index (χ3n) is 4.23. The lowest BCUT2D eigenvalue weighted by atomic mass is 9.96. The molecule has 0 bridgehead atoms. The molecule has 3 N–H and O–H groups in total. The number of hydrogen-bond donors (Lipinski definition) is 3. The van der Waals surface area contributed by atoms with Crippen molar-refractivity contribution in [3.63, 3.8) is 0 Å². The van der Waals surface area contributed by atoms with Crippen molar-refractivity contribution in [1.82, 2.24) is 15.4 Å². The first kappa shape index (κ1) is 19.0. The van der Waals surface area contributed by atoms with Crippen LogP contribution < -0.4 is 15.4 Å². The Morgan fingerprint density at radius 2 is 2.04 bits per heavy atom. The van der Waals surface area contributed by atoms with Gasteiger partial charge in [0.25, 0.3) is 0 Å². The number of nitrogens with zero attached hydrogens (tertiary/aromatic N) is 1. The van der Waals surface area contributed by atoms with E-state index >= 15 is 0 Å². The van der Waals surface area contributed by atoms with Crippen LogP contribution in [0.1, 0.15) is 25.3 Å². The lowest BCUT2D eigenvalue weighted by Gasteiger charge is -2.19. The number of halogens is 1. The molecule has 8 heteroatoms. The number of hydrogen-bond acceptors (Lipinski definition) is 3. The molecule has 0 saturated heterocycles. The van der Waals surface area contributed by atoms with E-state index in [2.05, 4.69) is 26.4 Å². The van der Waals surface area contributed by atoms with Crippen molar-refractivity contribution < 1.29 is 8.42 Å². The Balaban J connectivity index is 1.80. The highest BCUT2D eigenvalue weighted by Gasteiger charge is 2.44. The molecule has 1 aromatic carbocycles. The predicted molar refractivity (Wildman–Crippen MR) is 99.2 cm³/mol. The molecule has 0 aliphatic heterocycles. The van der Waals surface area contributed by atoms with Crippen molar-refractivity contribution in [3.05, 3.63) is 34.9 Å². The zero-order valence-corrected chi connectivity index (χ0v) is 15.7. The summed E-state index contributed by atoms with van der Waals surface area (Å²) in [6.07, 6.45) is 2.24. The average Bonchev–Trinajstić information content (AvgIpc) is 3.35. The maximum absolute atomic E-state index is 11.4. The van der Waals surface area contributed by atoms with Gasteiger partial charge in [-0.05, 0) is 37.5 Å². The van der Waals surface area contributed by atoms with Gasteiger partial charge in [0.1, 0.15) is 0 Å². The molecule has 0 amide bonds. The average molecular weight is 373 g/mol. The molecule has 1 aliphatic rings. The first-order chi connectivity index (χ1) is 11.4. The van der Waals surface area contributed by atoms with Crippen molar-refractivity contribution in [2.24, 2.45) is 4.99 Å². The Labute approximate surface area is 149 Å². The molecule has 0 heterocycles. The fraction of sp³-hybridized carbons (Fsp3) is 0.562. The van der Waals surface area contributed by atoms with Crippen LogP contribution in [0.2, 0.25) is 5.02 Å². The van der Waals surface area contributed by atoms with Crippen LogP contribution in [0, 0.1) is 0 Å². The molecule has 6 nitrogen and oxygen atoms in total. The lowest BCUT2D eigenvalue weighted by molar-refractivity contribution is 0.581. The third-order valence-corrected chi connectivity index (χ3v) is 5.87. The van der Waals surface area contributed by atoms with E-state index in [1.807, 2.05) is 18.2 Å². The molecule has 1 fully saturated rings. The van der Waals surface area contributed by atoms with Crippen LogP contribution in [-0.2, 0) is 15.4 Å². The maximum Gasteiger partial charge on any atom is 0.211 e. The summed E-state index contributed by atoms with van der Waals surface area (Å²) >= 11 is 6.09. The van der Waals surface area contributed by atoms with E-state index in [0.29, 0.717) is 19.0 Å². The Hall–Kier alpha value is -1.31. The van der Waals surface area contributed by atoms with Gasteiger partial charge < -0.3 is 10.6 Å². The van der Waals surface area contributed by atoms with Crippen molar-refractivity contribution in [2.45, 2.75) is 25.2 Å². The van der Waals surface area contributed by atoms with Gasteiger partial charge in [-0.3, -0.25) is 4.99 Å². The SMILES string of the molecule is CCS(=O)(=O)NCCNC(=NC)NCC1(c2cccc(Cl)c2)CC1. The summed E-state index contributed by atoms with van der Waals surface area (Å²) in [7, 11) is -1.45. The molecule has 2 rings (SSSR count). The Morgan fingerprint density at radius 1 is 1.29 bits per heavy atom. The van der Waals surface area contributed by atoms with Gasteiger partial charge in [0, 0.05) is 37.1 Å². The minimum Gasteiger partial charge on any atom is -0.356 e. The van der Waals surface area contributed by atoms with E-state index in [9.17, 15) is 8.42 Å². The molecule has 0 aromatic heterocycles. The standard InChI is InChI=1S/C16H25ClN4O2S/c1-3-24(22,23)21-10-9-19-15(18-2)20-12-16(7-8-16)13-5-4-6-14(17)11-13/h4-6,11,21H,3,7-10,12H2,1-2H3,(H2,18,19,20). The predicted octanol–water partition coefficient (Wildman–Crippen LogP) is 1.48. The van der Waals surface area contributed by atoms with Crippen LogP contribution >= 0.6 is 11.6 Å². The van der Waals surface area contributed by atoms with E-state index < -0.39 is 10.0 Å². The highest BCUT2D eigenvalue weighted by atomic mass is 35.5. The molecule has 1 saturated carbocycles. The summed E-state index contributed by atoms with van der Waals surface area (Å²) in [6.45, 7) is 3.19. The van der Waals surface area contributed by atoms with Crippen LogP contribution in [0.5, 0.6) is 0 Å². The van der Waals surface area contributed by atoms with Gasteiger partial charge in [-0.25, -0.2) is 13.1 Å². The van der Waals surface area contributed by atoms with Crippen LogP contribution in [0.15, 0.2) is 29.3 Å². The van der Waals surface area contributed by atoms with E-state index in [0.717, 1.165) is 24.4 Å². The summed E-state index contributed by atoms with van der Waals surface area (Å²) < 4.78 is 25.3. The molecule has 1 aliphatic carbocycles. The fourth-order valence-corrected chi connectivity index (χ4v) is 3.31. The van der Waals surface area contributed by atoms with Gasteiger partial charge in [-0.1, -0.05) is 23.7 Å². The Bertz CT molecular complexity index is 687. The monoisotopic (exact) mass is 372 g/mol. The third kappa shape index (κ3) is 5.36. The van der Waals surface area contributed by atoms with Crippen molar-refractivity contribution in [3.8, 4) is 0 Å². The van der Waals surface area contributed by atoms with E-state index in [1.165, 1.54) is 5.56 Å². The Kier molecular flexibility index (Phi) is 6.48. The molecule has 24 heavy (non-hydrogen) atoms. The highest BCUT2D eigenvalue weighted by molar-refractivity contribution is 7.89. The maximum atomic E-state index is 11.4. The molecule has 134 valence electrons. The molecule has 0 spiro atoms. The molecular weight excluding hydrogens is 348 g/mol. The molecule has 0 atom stereocenters. The van der Waals surface area contributed by atoms with Gasteiger partial charge >= 0.3 is 0 Å². The second kappa shape index (κ2) is 8.18. The van der Waals surface area contributed by atoms with Crippen LogP contribution in [0.3, 0.4) is 0 Å². The van der Waals surface area contributed by atoms with Crippen molar-refractivity contribution >= 4 is 27.6 Å². The second-order valence-electron chi connectivity index (χ2n) is 5.94. The number of aliphatic imine (C=N–C) groups is 1. The molecule has 0 radical (unpaired) electrons. The number of guanidine groups is 1. The number of sulfonamides is 1. The minimum absolute atomic E-state index is 0.0854. The lowest BCUT2D eigenvalue weighted by Crippen LogP contribution is -2.44. The molecule has 1 aromatic rings. The van der Waals surface area contributed by atoms with Gasteiger partial charge in [-0.15, -0.1) is 0 Å². The Morgan fingerprint density at radius 3 is 2.62 bits per heavy atom. The minimum atomic E-state index is -3.15. The topological polar surface area (TPSA) is 82.6 Å². The zero-order valence-electron chi connectivity index (χ0n) is 14.1. The first-order valence-electron chi connectivity index (χ1n) is 8.09.